The molecule has 1 rings (SSSR count). The molecule has 1 aliphatic rings. The number of amides is 3. The highest BCUT2D eigenvalue weighted by atomic mass is 16.6. The van der Waals surface area contributed by atoms with Crippen molar-refractivity contribution < 1.29 is 23.9 Å². The third-order valence-corrected chi connectivity index (χ3v) is 6.45. The van der Waals surface area contributed by atoms with E-state index < -0.39 is 17.7 Å². The first kappa shape index (κ1) is 31.1. The monoisotopic (exact) mass is 495 g/mol. The van der Waals surface area contributed by atoms with Gasteiger partial charge in [0.2, 0.25) is 17.7 Å². The predicted molar refractivity (Wildman–Crippen MR) is 138 cm³/mol. The van der Waals surface area contributed by atoms with Crippen LogP contribution in [0.25, 0.3) is 0 Å². The van der Waals surface area contributed by atoms with Crippen molar-refractivity contribution in [1.29, 1.82) is 0 Å². The van der Waals surface area contributed by atoms with Crippen molar-refractivity contribution in [3.8, 4) is 0 Å². The average Bonchev–Trinajstić information content (AvgIpc) is 3.52. The van der Waals surface area contributed by atoms with Gasteiger partial charge in [0.25, 0.3) is 0 Å². The Bertz CT molecular complexity index is 703. The zero-order chi connectivity index (χ0) is 26.6. The van der Waals surface area contributed by atoms with Crippen molar-refractivity contribution in [3.05, 3.63) is 0 Å². The summed E-state index contributed by atoms with van der Waals surface area (Å²) < 4.78 is 5.28. The average molecular weight is 496 g/mol. The summed E-state index contributed by atoms with van der Waals surface area (Å²) in [6, 6.07) is -1.75. The Morgan fingerprint density at radius 3 is 2.03 bits per heavy atom. The lowest BCUT2D eigenvalue weighted by molar-refractivity contribution is -0.133. The molecule has 0 aromatic rings. The number of epoxide rings is 1. The maximum Gasteiger partial charge on any atom is 0.243 e. The van der Waals surface area contributed by atoms with Gasteiger partial charge in [-0.25, -0.2) is 0 Å². The minimum absolute atomic E-state index is 0.0109. The summed E-state index contributed by atoms with van der Waals surface area (Å²) in [5.41, 5.74) is -0.727. The zero-order valence-corrected chi connectivity index (χ0v) is 23.0. The second-order valence-corrected chi connectivity index (χ2v) is 10.9. The molecule has 0 aromatic heterocycles. The van der Waals surface area contributed by atoms with Crippen LogP contribution in [0, 0.1) is 11.8 Å². The van der Waals surface area contributed by atoms with E-state index in [9.17, 15) is 19.2 Å². The number of Topliss-reactive ketones (excluding diaryl/α,β-unsaturated/α-hetero) is 1. The number of ketones is 1. The van der Waals surface area contributed by atoms with Crippen LogP contribution in [0.4, 0.5) is 0 Å². The summed E-state index contributed by atoms with van der Waals surface area (Å²) in [5.74, 6) is -0.626. The molecular weight excluding hydrogens is 446 g/mol. The van der Waals surface area contributed by atoms with Gasteiger partial charge < -0.3 is 20.7 Å². The first-order chi connectivity index (χ1) is 16.4. The summed E-state index contributed by atoms with van der Waals surface area (Å²) in [4.78, 5) is 51.3. The Morgan fingerprint density at radius 2 is 1.51 bits per heavy atom. The van der Waals surface area contributed by atoms with E-state index in [1.165, 1.54) is 0 Å². The Morgan fingerprint density at radius 1 is 0.886 bits per heavy atom. The maximum atomic E-state index is 13.3. The molecule has 3 amide bonds. The van der Waals surface area contributed by atoms with E-state index in [-0.39, 0.29) is 47.8 Å². The van der Waals surface area contributed by atoms with Gasteiger partial charge in [-0.05, 0) is 38.0 Å². The highest BCUT2D eigenvalue weighted by molar-refractivity contribution is 5.93. The molecule has 0 saturated carbocycles. The van der Waals surface area contributed by atoms with E-state index in [4.69, 9.17) is 4.74 Å². The second-order valence-electron chi connectivity index (χ2n) is 10.9. The first-order valence-electron chi connectivity index (χ1n) is 13.5. The van der Waals surface area contributed by atoms with E-state index in [2.05, 4.69) is 22.9 Å². The number of nitrogens with one attached hydrogen (secondary N) is 3. The van der Waals surface area contributed by atoms with Crippen LogP contribution in [0.2, 0.25) is 0 Å². The SMILES string of the molecule is CCCCCC(=O)NC(C(=O)NC(CCCC)C(=O)NC(CC(=O)C1(C)CO1)CC(C)C)C(C)C. The molecule has 1 fully saturated rings. The molecule has 0 spiro atoms. The van der Waals surface area contributed by atoms with Crippen LogP contribution in [0.3, 0.4) is 0 Å². The topological polar surface area (TPSA) is 117 Å². The molecule has 4 unspecified atom stereocenters. The van der Waals surface area contributed by atoms with Gasteiger partial charge in [-0.1, -0.05) is 67.2 Å². The lowest BCUT2D eigenvalue weighted by atomic mass is 9.94. The van der Waals surface area contributed by atoms with Crippen LogP contribution in [-0.2, 0) is 23.9 Å². The first-order valence-corrected chi connectivity index (χ1v) is 13.5. The zero-order valence-electron chi connectivity index (χ0n) is 23.0. The smallest absolute Gasteiger partial charge is 0.243 e. The van der Waals surface area contributed by atoms with Gasteiger partial charge in [0, 0.05) is 18.9 Å². The third kappa shape index (κ3) is 11.5. The van der Waals surface area contributed by atoms with Crippen LogP contribution in [0.5, 0.6) is 0 Å². The van der Waals surface area contributed by atoms with Crippen molar-refractivity contribution in [3.63, 3.8) is 0 Å². The molecule has 0 aromatic carbocycles. The molecule has 1 heterocycles. The maximum absolute atomic E-state index is 13.3. The Kier molecular flexibility index (Phi) is 13.5. The molecule has 0 bridgehead atoms. The van der Waals surface area contributed by atoms with Gasteiger partial charge in [-0.2, -0.15) is 0 Å². The molecule has 8 nitrogen and oxygen atoms in total. The number of ether oxygens (including phenoxy) is 1. The van der Waals surface area contributed by atoms with Crippen molar-refractivity contribution in [1.82, 2.24) is 16.0 Å². The molecule has 35 heavy (non-hydrogen) atoms. The second kappa shape index (κ2) is 15.2. The number of unbranched alkanes of at least 4 members (excludes halogenated alkanes) is 3. The largest absolute Gasteiger partial charge is 0.362 e. The van der Waals surface area contributed by atoms with E-state index in [0.29, 0.717) is 25.9 Å². The lowest BCUT2D eigenvalue weighted by Crippen LogP contribution is -2.56. The Balaban J connectivity index is 2.86. The number of hydrogen-bond donors (Lipinski definition) is 3. The predicted octanol–water partition coefficient (Wildman–Crippen LogP) is 3.66. The Hall–Kier alpha value is -1.96. The van der Waals surface area contributed by atoms with Crippen LogP contribution >= 0.6 is 0 Å². The van der Waals surface area contributed by atoms with Gasteiger partial charge in [-0.3, -0.25) is 19.2 Å². The highest BCUT2D eigenvalue weighted by Crippen LogP contribution is 2.29. The summed E-state index contributed by atoms with van der Waals surface area (Å²) >= 11 is 0. The van der Waals surface area contributed by atoms with Gasteiger partial charge in [0.05, 0.1) is 6.61 Å². The lowest BCUT2D eigenvalue weighted by Gasteiger charge is -2.27. The van der Waals surface area contributed by atoms with Gasteiger partial charge in [0.15, 0.2) is 5.78 Å². The molecule has 1 saturated heterocycles. The quantitative estimate of drug-likeness (QED) is 0.198. The molecule has 202 valence electrons. The van der Waals surface area contributed by atoms with Gasteiger partial charge >= 0.3 is 0 Å². The van der Waals surface area contributed by atoms with E-state index >= 15 is 0 Å². The van der Waals surface area contributed by atoms with Crippen LogP contribution in [0.1, 0.15) is 106 Å². The van der Waals surface area contributed by atoms with Crippen molar-refractivity contribution in [2.24, 2.45) is 11.8 Å². The van der Waals surface area contributed by atoms with Crippen LogP contribution < -0.4 is 16.0 Å². The van der Waals surface area contributed by atoms with E-state index in [1.807, 2.05) is 34.6 Å². The van der Waals surface area contributed by atoms with Crippen LogP contribution in [0.15, 0.2) is 0 Å². The molecule has 0 aliphatic carbocycles. The summed E-state index contributed by atoms with van der Waals surface area (Å²) in [6.07, 6.45) is 6.17. The van der Waals surface area contributed by atoms with Crippen molar-refractivity contribution in [2.75, 3.05) is 6.61 Å². The molecular formula is C27H49N3O5. The summed E-state index contributed by atoms with van der Waals surface area (Å²) in [5, 5.41) is 8.76. The summed E-state index contributed by atoms with van der Waals surface area (Å²) in [6.45, 7) is 14.1. The highest BCUT2D eigenvalue weighted by Gasteiger charge is 2.47. The number of rotatable bonds is 18. The van der Waals surface area contributed by atoms with Gasteiger partial charge in [-0.15, -0.1) is 0 Å². The molecule has 0 radical (unpaired) electrons. The van der Waals surface area contributed by atoms with E-state index in [0.717, 1.165) is 32.1 Å². The molecule has 4 atom stereocenters. The fourth-order valence-electron chi connectivity index (χ4n) is 4.03. The number of carbonyl (C=O) groups excluding carboxylic acids is 4. The minimum Gasteiger partial charge on any atom is -0.362 e. The molecule has 8 heteroatoms. The number of hydrogen-bond acceptors (Lipinski definition) is 5. The Labute approximate surface area is 212 Å². The normalized spacial score (nSPS) is 19.7. The van der Waals surface area contributed by atoms with Crippen LogP contribution in [-0.4, -0.2) is 53.8 Å². The van der Waals surface area contributed by atoms with E-state index in [1.54, 1.807) is 6.92 Å². The van der Waals surface area contributed by atoms with Crippen molar-refractivity contribution >= 4 is 23.5 Å². The number of carbonyl (C=O) groups is 4. The summed E-state index contributed by atoms with van der Waals surface area (Å²) in [7, 11) is 0. The fourth-order valence-corrected chi connectivity index (χ4v) is 4.03. The third-order valence-electron chi connectivity index (χ3n) is 6.45. The van der Waals surface area contributed by atoms with Crippen molar-refractivity contribution in [2.45, 2.75) is 130 Å². The minimum atomic E-state index is -0.727. The fraction of sp³-hybridized carbons (Fsp3) is 0.852. The molecule has 3 N–H and O–H groups in total. The van der Waals surface area contributed by atoms with Gasteiger partial charge in [0.1, 0.15) is 17.7 Å². The standard InChI is InChI=1S/C27H49N3O5/c1-8-10-12-14-23(32)30-24(19(5)6)26(34)29-21(13-11-9-2)25(33)28-20(15-18(3)4)16-22(31)27(7)17-35-27/h18-21,24H,8-17H2,1-7H3,(H,28,33)(H,29,34)(H,30,32). The molecule has 1 aliphatic heterocycles.